The number of fused-ring (bicyclic) bond motifs is 3. The molecule has 0 fully saturated rings. The summed E-state index contributed by atoms with van der Waals surface area (Å²) in [6.45, 7) is 0. The van der Waals surface area contributed by atoms with Gasteiger partial charge in [0.05, 0.1) is 51.4 Å². The third kappa shape index (κ3) is 7.94. The fourth-order valence-electron chi connectivity index (χ4n) is 9.34. The van der Waals surface area contributed by atoms with E-state index in [0.717, 1.165) is 94.5 Å². The Morgan fingerprint density at radius 3 is 1.17 bits per heavy atom. The summed E-state index contributed by atoms with van der Waals surface area (Å²) in [4.78, 5) is 26.1. The van der Waals surface area contributed by atoms with Gasteiger partial charge in [-0.25, -0.2) is 24.9 Å². The van der Waals surface area contributed by atoms with Crippen molar-refractivity contribution >= 4 is 21.8 Å². The van der Waals surface area contributed by atoms with E-state index in [1.54, 1.807) is 0 Å². The van der Waals surface area contributed by atoms with Gasteiger partial charge in [-0.1, -0.05) is 188 Å². The van der Waals surface area contributed by atoms with E-state index in [0.29, 0.717) is 34.4 Å². The Morgan fingerprint density at radius 2 is 0.690 bits per heavy atom. The number of nitriles is 2. The van der Waals surface area contributed by atoms with Crippen molar-refractivity contribution in [3.8, 4) is 108 Å². The minimum absolute atomic E-state index is 0.460. The quantitative estimate of drug-likeness (QED) is 0.142. The first kappa shape index (κ1) is 42.2. The number of aromatic nitrogens is 6. The molecule has 71 heavy (non-hydrogen) atoms. The molecular weight excluding hydrogens is 869 g/mol. The smallest absolute Gasteiger partial charge is 0.166 e. The first-order valence-electron chi connectivity index (χ1n) is 23.2. The van der Waals surface area contributed by atoms with Gasteiger partial charge in [-0.2, -0.15) is 10.5 Å². The number of nitrogens with zero attached hydrogens (tertiary/aromatic N) is 8. The Kier molecular flexibility index (Phi) is 10.8. The van der Waals surface area contributed by atoms with Gasteiger partial charge in [0.1, 0.15) is 0 Å². The third-order valence-corrected chi connectivity index (χ3v) is 12.8. The summed E-state index contributed by atoms with van der Waals surface area (Å²) in [5, 5.41) is 22.6. The second-order valence-electron chi connectivity index (χ2n) is 17.1. The molecule has 3 aromatic heterocycles. The second kappa shape index (κ2) is 18.2. The SMILES string of the molecule is N#Cc1ccccc1-c1ccc2c3ccc(-c4ccccc4C#N)cc3n(-c3ccc(-c4cc(-c5ccccc5)nc(-c5ccccc5)n4)cc3-c3nc(-c4ccccc4)nc(-c4ccccc4)n3)c2c1. The van der Waals surface area contributed by atoms with E-state index in [1.807, 2.05) is 164 Å². The van der Waals surface area contributed by atoms with Crippen LogP contribution in [0.5, 0.6) is 0 Å². The lowest BCUT2D eigenvalue weighted by atomic mass is 9.98. The maximum absolute atomic E-state index is 10.3. The Hall–Kier alpha value is -10.2. The average Bonchev–Trinajstić information content (AvgIpc) is 3.78. The molecule has 0 radical (unpaired) electrons. The van der Waals surface area contributed by atoms with Crippen LogP contribution in [0.3, 0.4) is 0 Å². The number of benzene rings is 9. The van der Waals surface area contributed by atoms with Gasteiger partial charge in [0.2, 0.25) is 0 Å². The largest absolute Gasteiger partial charge is 0.308 e. The highest BCUT2D eigenvalue weighted by Crippen LogP contribution is 2.42. The van der Waals surface area contributed by atoms with Crippen LogP contribution < -0.4 is 0 Å². The van der Waals surface area contributed by atoms with Gasteiger partial charge in [0.25, 0.3) is 0 Å². The highest BCUT2D eigenvalue weighted by Gasteiger charge is 2.23. The highest BCUT2D eigenvalue weighted by molar-refractivity contribution is 6.12. The van der Waals surface area contributed by atoms with Crippen molar-refractivity contribution in [3.05, 3.63) is 242 Å². The summed E-state index contributed by atoms with van der Waals surface area (Å²) in [5.41, 5.74) is 13.9. The minimum Gasteiger partial charge on any atom is -0.308 e. The van der Waals surface area contributed by atoms with Crippen molar-refractivity contribution in [1.82, 2.24) is 29.5 Å². The Labute approximate surface area is 409 Å². The summed E-state index contributed by atoms with van der Waals surface area (Å²) in [6.07, 6.45) is 0. The van der Waals surface area contributed by atoms with E-state index < -0.39 is 0 Å². The minimum atomic E-state index is 0.460. The molecule has 9 aromatic carbocycles. The van der Waals surface area contributed by atoms with Gasteiger partial charge in [0.15, 0.2) is 23.3 Å². The lowest BCUT2D eigenvalue weighted by Gasteiger charge is -2.17. The van der Waals surface area contributed by atoms with Crippen LogP contribution in [0, 0.1) is 22.7 Å². The van der Waals surface area contributed by atoms with Crippen molar-refractivity contribution in [2.75, 3.05) is 0 Å². The second-order valence-corrected chi connectivity index (χ2v) is 17.1. The lowest BCUT2D eigenvalue weighted by Crippen LogP contribution is -2.04. The van der Waals surface area contributed by atoms with Crippen molar-refractivity contribution in [2.45, 2.75) is 0 Å². The van der Waals surface area contributed by atoms with Gasteiger partial charge >= 0.3 is 0 Å². The monoisotopic (exact) mass is 906 g/mol. The van der Waals surface area contributed by atoms with E-state index in [9.17, 15) is 10.5 Å². The van der Waals surface area contributed by atoms with Crippen LogP contribution in [0.25, 0.3) is 118 Å². The number of hydrogen-bond donors (Lipinski definition) is 0. The van der Waals surface area contributed by atoms with Crippen LogP contribution in [0.1, 0.15) is 11.1 Å². The normalized spacial score (nSPS) is 11.1. The Morgan fingerprint density at radius 1 is 0.296 bits per heavy atom. The molecule has 12 rings (SSSR count). The predicted octanol–water partition coefficient (Wildman–Crippen LogP) is 14.8. The van der Waals surface area contributed by atoms with Gasteiger partial charge in [-0.05, 0) is 64.7 Å². The van der Waals surface area contributed by atoms with E-state index >= 15 is 0 Å². The fraction of sp³-hybridized carbons (Fsp3) is 0. The summed E-state index contributed by atoms with van der Waals surface area (Å²) < 4.78 is 2.26. The van der Waals surface area contributed by atoms with Gasteiger partial charge in [-0.15, -0.1) is 0 Å². The molecule has 0 bridgehead atoms. The molecule has 0 N–H and O–H groups in total. The molecule has 0 spiro atoms. The molecule has 0 aliphatic carbocycles. The number of hydrogen-bond acceptors (Lipinski definition) is 7. The Bertz CT molecular complexity index is 3830. The van der Waals surface area contributed by atoms with Crippen LogP contribution in [0.4, 0.5) is 0 Å². The molecule has 0 amide bonds. The summed E-state index contributed by atoms with van der Waals surface area (Å²) in [6, 6.07) is 81.4. The molecular formula is C63H38N8. The molecule has 330 valence electrons. The molecule has 0 unspecified atom stereocenters. The lowest BCUT2D eigenvalue weighted by molar-refractivity contribution is 1.06. The van der Waals surface area contributed by atoms with Crippen molar-refractivity contribution in [3.63, 3.8) is 0 Å². The van der Waals surface area contributed by atoms with Crippen LogP contribution in [0.15, 0.2) is 231 Å². The molecule has 0 saturated heterocycles. The zero-order valence-electron chi connectivity index (χ0n) is 38.0. The molecule has 0 aliphatic heterocycles. The molecule has 0 atom stereocenters. The van der Waals surface area contributed by atoms with Gasteiger partial charge in [0, 0.05) is 44.2 Å². The standard InChI is InChI=1S/C63H38N8/c64-39-48-25-13-15-27-50(48)45-29-32-52-53-33-30-46(51-28-16-14-26-49(51)40-65)37-59(53)71(58(52)36-45)57-34-31-47(56-38-55(41-17-5-1-6-18-41)66-60(67-56)42-19-7-2-8-20-42)35-54(57)63-69-61(43-21-9-3-10-22-43)68-62(70-63)44-23-11-4-12-24-44/h1-38H. The van der Waals surface area contributed by atoms with Crippen molar-refractivity contribution in [2.24, 2.45) is 0 Å². The summed E-state index contributed by atoms with van der Waals surface area (Å²) in [7, 11) is 0. The zero-order chi connectivity index (χ0) is 47.7. The predicted molar refractivity (Wildman–Crippen MR) is 283 cm³/mol. The van der Waals surface area contributed by atoms with Crippen molar-refractivity contribution in [1.29, 1.82) is 10.5 Å². The van der Waals surface area contributed by atoms with E-state index in [1.165, 1.54) is 0 Å². The van der Waals surface area contributed by atoms with Crippen LogP contribution in [-0.2, 0) is 0 Å². The van der Waals surface area contributed by atoms with E-state index in [4.69, 9.17) is 24.9 Å². The van der Waals surface area contributed by atoms with E-state index in [-0.39, 0.29) is 0 Å². The van der Waals surface area contributed by atoms with E-state index in [2.05, 4.69) is 83.4 Å². The maximum atomic E-state index is 10.3. The maximum Gasteiger partial charge on any atom is 0.166 e. The number of rotatable bonds is 9. The summed E-state index contributed by atoms with van der Waals surface area (Å²) in [5.74, 6) is 2.11. The first-order chi connectivity index (χ1) is 35.1. The van der Waals surface area contributed by atoms with Crippen molar-refractivity contribution < 1.29 is 0 Å². The molecule has 0 aliphatic rings. The van der Waals surface area contributed by atoms with Crippen LogP contribution in [-0.4, -0.2) is 29.5 Å². The fourth-order valence-corrected chi connectivity index (χ4v) is 9.34. The van der Waals surface area contributed by atoms with Crippen LogP contribution >= 0.6 is 0 Å². The molecule has 12 aromatic rings. The first-order valence-corrected chi connectivity index (χ1v) is 23.2. The summed E-state index contributed by atoms with van der Waals surface area (Å²) >= 11 is 0. The van der Waals surface area contributed by atoms with Gasteiger partial charge in [-0.3, -0.25) is 0 Å². The molecule has 8 heteroatoms. The molecule has 3 heterocycles. The molecule has 0 saturated carbocycles. The Balaban J connectivity index is 1.19. The van der Waals surface area contributed by atoms with Gasteiger partial charge < -0.3 is 4.57 Å². The third-order valence-electron chi connectivity index (χ3n) is 12.8. The average molecular weight is 907 g/mol. The zero-order valence-corrected chi connectivity index (χ0v) is 38.0. The molecule has 8 nitrogen and oxygen atoms in total. The highest BCUT2D eigenvalue weighted by atomic mass is 15.1. The van der Waals surface area contributed by atoms with Crippen LogP contribution in [0.2, 0.25) is 0 Å². The topological polar surface area (TPSA) is 117 Å².